The van der Waals surface area contributed by atoms with Crippen LogP contribution in [0.15, 0.2) is 41.8 Å². The Balaban J connectivity index is 1.82. The molecule has 0 fully saturated rings. The third-order valence-corrected chi connectivity index (χ3v) is 4.32. The van der Waals surface area contributed by atoms with Crippen molar-refractivity contribution in [2.45, 2.75) is 6.92 Å². The molecule has 3 rings (SSSR count). The van der Waals surface area contributed by atoms with Crippen molar-refractivity contribution in [3.63, 3.8) is 0 Å². The maximum Gasteiger partial charge on any atom is 0.261 e. The number of aromatic nitrogens is 1. The smallest absolute Gasteiger partial charge is 0.261 e. The zero-order valence-corrected chi connectivity index (χ0v) is 13.3. The number of phenolic OH excluding ortho intramolecular Hbond substituents is 1. The molecule has 0 aliphatic rings. The van der Waals surface area contributed by atoms with Gasteiger partial charge in [0.25, 0.3) is 5.91 Å². The van der Waals surface area contributed by atoms with Crippen LogP contribution in [0.4, 0.5) is 14.5 Å². The van der Waals surface area contributed by atoms with E-state index >= 15 is 0 Å². The third kappa shape index (κ3) is 3.11. The summed E-state index contributed by atoms with van der Waals surface area (Å²) in [5.74, 6) is -4.09. The van der Waals surface area contributed by atoms with Gasteiger partial charge in [-0.25, -0.2) is 13.8 Å². The average Bonchev–Trinajstić information content (AvgIpc) is 2.98. The number of rotatable bonds is 3. The molecule has 4 nitrogen and oxygen atoms in total. The second-order valence-corrected chi connectivity index (χ2v) is 5.94. The second-order valence-electron chi connectivity index (χ2n) is 5.08. The number of carbonyl (C=O) groups excluding carboxylic acids is 1. The number of nitrogens with zero attached hydrogens (tertiary/aromatic N) is 1. The molecule has 0 saturated carbocycles. The summed E-state index contributed by atoms with van der Waals surface area (Å²) in [6.07, 6.45) is 0. The van der Waals surface area contributed by atoms with E-state index in [2.05, 4.69) is 10.3 Å². The van der Waals surface area contributed by atoms with Gasteiger partial charge in [0.15, 0.2) is 11.6 Å². The molecule has 3 aromatic rings. The molecular weight excluding hydrogens is 334 g/mol. The minimum absolute atomic E-state index is 0.374. The second kappa shape index (κ2) is 6.37. The van der Waals surface area contributed by atoms with E-state index in [9.17, 15) is 18.7 Å². The molecule has 24 heavy (non-hydrogen) atoms. The summed E-state index contributed by atoms with van der Waals surface area (Å²) in [6, 6.07) is 8.42. The van der Waals surface area contributed by atoms with Gasteiger partial charge in [0, 0.05) is 22.3 Å². The molecule has 122 valence electrons. The van der Waals surface area contributed by atoms with Crippen LogP contribution in [0, 0.1) is 18.6 Å². The Kier molecular flexibility index (Phi) is 4.26. The van der Waals surface area contributed by atoms with Crippen molar-refractivity contribution >= 4 is 22.9 Å². The van der Waals surface area contributed by atoms with Crippen LogP contribution in [0.25, 0.3) is 10.6 Å². The number of thiazole rings is 1. The van der Waals surface area contributed by atoms with Gasteiger partial charge < -0.3 is 10.4 Å². The molecule has 0 atom stereocenters. The van der Waals surface area contributed by atoms with Gasteiger partial charge in [-0.2, -0.15) is 0 Å². The van der Waals surface area contributed by atoms with E-state index in [4.69, 9.17) is 0 Å². The van der Waals surface area contributed by atoms with Crippen molar-refractivity contribution in [1.82, 2.24) is 4.98 Å². The molecule has 0 unspecified atom stereocenters. The lowest BCUT2D eigenvalue weighted by molar-refractivity contribution is 0.101. The van der Waals surface area contributed by atoms with Crippen LogP contribution in [-0.4, -0.2) is 16.0 Å². The Morgan fingerprint density at radius 3 is 2.50 bits per heavy atom. The Morgan fingerprint density at radius 1 is 1.17 bits per heavy atom. The number of aryl methyl sites for hydroxylation is 1. The van der Waals surface area contributed by atoms with Gasteiger partial charge >= 0.3 is 0 Å². The first-order valence-electron chi connectivity index (χ1n) is 6.96. The van der Waals surface area contributed by atoms with E-state index in [-0.39, 0.29) is 0 Å². The zero-order chi connectivity index (χ0) is 17.3. The highest BCUT2D eigenvalue weighted by Gasteiger charge is 2.20. The summed E-state index contributed by atoms with van der Waals surface area (Å²) >= 11 is 1.50. The lowest BCUT2D eigenvalue weighted by Crippen LogP contribution is -2.15. The first kappa shape index (κ1) is 16.1. The summed E-state index contributed by atoms with van der Waals surface area (Å²) in [4.78, 5) is 16.4. The fourth-order valence-corrected chi connectivity index (χ4v) is 2.93. The SMILES string of the molecule is Cc1csc(-c2ccc(NC(=O)c3c(F)ccc(O)c3F)cc2)n1. The third-order valence-electron chi connectivity index (χ3n) is 3.31. The fourth-order valence-electron chi connectivity index (χ4n) is 2.13. The molecule has 7 heteroatoms. The van der Waals surface area contributed by atoms with Crippen LogP contribution in [0.5, 0.6) is 5.75 Å². The summed E-state index contributed by atoms with van der Waals surface area (Å²) in [5, 5.41) is 14.5. The summed E-state index contributed by atoms with van der Waals surface area (Å²) in [7, 11) is 0. The Morgan fingerprint density at radius 2 is 1.88 bits per heavy atom. The largest absolute Gasteiger partial charge is 0.505 e. The molecule has 2 aromatic carbocycles. The van der Waals surface area contributed by atoms with Crippen molar-refractivity contribution in [1.29, 1.82) is 0 Å². The number of hydrogen-bond donors (Lipinski definition) is 2. The molecule has 0 aliphatic heterocycles. The lowest BCUT2D eigenvalue weighted by atomic mass is 10.1. The van der Waals surface area contributed by atoms with Crippen LogP contribution in [0.2, 0.25) is 0 Å². The van der Waals surface area contributed by atoms with Gasteiger partial charge in [-0.1, -0.05) is 0 Å². The average molecular weight is 346 g/mol. The molecular formula is C17H12F2N2O2S. The molecule has 0 aliphatic carbocycles. The van der Waals surface area contributed by atoms with Crippen LogP contribution in [0.3, 0.4) is 0 Å². The maximum absolute atomic E-state index is 13.7. The fraction of sp³-hybridized carbons (Fsp3) is 0.0588. The normalized spacial score (nSPS) is 10.6. The number of hydrogen-bond acceptors (Lipinski definition) is 4. The van der Waals surface area contributed by atoms with Gasteiger partial charge in [-0.15, -0.1) is 11.3 Å². The highest BCUT2D eigenvalue weighted by molar-refractivity contribution is 7.13. The summed E-state index contributed by atoms with van der Waals surface area (Å²) < 4.78 is 27.4. The van der Waals surface area contributed by atoms with Gasteiger partial charge in [-0.05, 0) is 43.3 Å². The van der Waals surface area contributed by atoms with Crippen LogP contribution < -0.4 is 5.32 Å². The highest BCUT2D eigenvalue weighted by Crippen LogP contribution is 2.26. The van der Waals surface area contributed by atoms with Gasteiger partial charge in [0.1, 0.15) is 16.4 Å². The number of carbonyl (C=O) groups is 1. The van der Waals surface area contributed by atoms with E-state index in [0.717, 1.165) is 28.4 Å². The Bertz CT molecular complexity index is 907. The van der Waals surface area contributed by atoms with Crippen molar-refractivity contribution < 1.29 is 18.7 Å². The molecule has 1 heterocycles. The highest BCUT2D eigenvalue weighted by atomic mass is 32.1. The van der Waals surface area contributed by atoms with E-state index in [1.54, 1.807) is 24.3 Å². The maximum atomic E-state index is 13.7. The number of aromatic hydroxyl groups is 1. The van der Waals surface area contributed by atoms with E-state index in [1.165, 1.54) is 11.3 Å². The Hall–Kier alpha value is -2.80. The molecule has 1 aromatic heterocycles. The van der Waals surface area contributed by atoms with Crippen molar-refractivity contribution in [2.75, 3.05) is 5.32 Å². The van der Waals surface area contributed by atoms with Crippen LogP contribution in [0.1, 0.15) is 16.1 Å². The van der Waals surface area contributed by atoms with E-state index in [1.807, 2.05) is 12.3 Å². The van der Waals surface area contributed by atoms with Gasteiger partial charge in [-0.3, -0.25) is 4.79 Å². The minimum Gasteiger partial charge on any atom is -0.505 e. The summed E-state index contributed by atoms with van der Waals surface area (Å²) in [5.41, 5.74) is 1.34. The van der Waals surface area contributed by atoms with Crippen LogP contribution >= 0.6 is 11.3 Å². The Labute approximate surface area is 140 Å². The predicted octanol–water partition coefficient (Wildman–Crippen LogP) is 4.35. The number of halogens is 2. The van der Waals surface area contributed by atoms with Gasteiger partial charge in [0.2, 0.25) is 0 Å². The molecule has 0 radical (unpaired) electrons. The number of nitrogens with one attached hydrogen (secondary N) is 1. The number of anilines is 1. The monoisotopic (exact) mass is 346 g/mol. The first-order valence-corrected chi connectivity index (χ1v) is 7.84. The number of amides is 1. The standard InChI is InChI=1S/C17H12F2N2O2S/c1-9-8-24-17(20-9)10-2-4-11(5-3-10)21-16(23)14-12(18)6-7-13(22)15(14)19/h2-8,22H,1H3,(H,21,23). The van der Waals surface area contributed by atoms with E-state index in [0.29, 0.717) is 5.69 Å². The molecule has 0 bridgehead atoms. The molecule has 0 saturated heterocycles. The van der Waals surface area contributed by atoms with Crippen molar-refractivity contribution in [3.05, 3.63) is 64.7 Å². The van der Waals surface area contributed by atoms with E-state index < -0.39 is 28.9 Å². The molecule has 2 N–H and O–H groups in total. The van der Waals surface area contributed by atoms with Crippen LogP contribution in [-0.2, 0) is 0 Å². The number of phenols is 1. The van der Waals surface area contributed by atoms with Crippen molar-refractivity contribution in [3.8, 4) is 16.3 Å². The lowest BCUT2D eigenvalue weighted by Gasteiger charge is -2.08. The topological polar surface area (TPSA) is 62.2 Å². The predicted molar refractivity (Wildman–Crippen MR) is 88.3 cm³/mol. The first-order chi connectivity index (χ1) is 11.5. The quantitative estimate of drug-likeness (QED) is 0.741. The molecule has 0 spiro atoms. The van der Waals surface area contributed by atoms with Gasteiger partial charge in [0.05, 0.1) is 0 Å². The summed E-state index contributed by atoms with van der Waals surface area (Å²) in [6.45, 7) is 1.90. The number of benzene rings is 2. The zero-order valence-electron chi connectivity index (χ0n) is 12.5. The molecule has 1 amide bonds. The van der Waals surface area contributed by atoms with Crippen molar-refractivity contribution in [2.24, 2.45) is 0 Å². The minimum atomic E-state index is -1.29.